The minimum Gasteiger partial charge on any atom is -0.493 e. The molecule has 3 rings (SSSR count). The lowest BCUT2D eigenvalue weighted by molar-refractivity contribution is 0.111. The van der Waals surface area contributed by atoms with Gasteiger partial charge in [-0.25, -0.2) is 4.98 Å². The Morgan fingerprint density at radius 3 is 2.78 bits per heavy atom. The van der Waals surface area contributed by atoms with Crippen molar-refractivity contribution < 1.29 is 9.53 Å². The molecule has 1 aromatic heterocycles. The highest BCUT2D eigenvalue weighted by molar-refractivity contribution is 5.82. The summed E-state index contributed by atoms with van der Waals surface area (Å²) in [5.74, 6) is 1.40. The largest absolute Gasteiger partial charge is 0.493 e. The van der Waals surface area contributed by atoms with E-state index in [9.17, 15) is 4.79 Å². The van der Waals surface area contributed by atoms with Gasteiger partial charge in [0.25, 0.3) is 0 Å². The van der Waals surface area contributed by atoms with Crippen LogP contribution < -0.4 is 4.74 Å². The maximum absolute atomic E-state index is 11.2. The van der Waals surface area contributed by atoms with Gasteiger partial charge >= 0.3 is 0 Å². The van der Waals surface area contributed by atoms with E-state index in [1.807, 2.05) is 41.0 Å². The van der Waals surface area contributed by atoms with Gasteiger partial charge in [0.15, 0.2) is 12.1 Å². The summed E-state index contributed by atoms with van der Waals surface area (Å²) < 4.78 is 7.83. The SMILES string of the molecule is Cc1cccc(OCCCn2c(C=O)nc3ccccc32)c1C. The van der Waals surface area contributed by atoms with Gasteiger partial charge in [0.2, 0.25) is 0 Å². The van der Waals surface area contributed by atoms with Crippen LogP contribution in [0.4, 0.5) is 0 Å². The number of carbonyl (C=O) groups is 1. The molecule has 0 N–H and O–H groups in total. The topological polar surface area (TPSA) is 44.1 Å². The number of ether oxygens (including phenoxy) is 1. The average Bonchev–Trinajstić information content (AvgIpc) is 2.93. The molecule has 0 amide bonds. The Morgan fingerprint density at radius 1 is 1.13 bits per heavy atom. The highest BCUT2D eigenvalue weighted by Gasteiger charge is 2.09. The molecule has 0 aliphatic carbocycles. The predicted octanol–water partition coefficient (Wildman–Crippen LogP) is 3.93. The van der Waals surface area contributed by atoms with E-state index in [1.165, 1.54) is 11.1 Å². The van der Waals surface area contributed by atoms with Crippen molar-refractivity contribution in [3.63, 3.8) is 0 Å². The first-order valence-electron chi connectivity index (χ1n) is 7.80. The van der Waals surface area contributed by atoms with Gasteiger partial charge < -0.3 is 9.30 Å². The molecule has 3 aromatic rings. The number of aromatic nitrogens is 2. The Kier molecular flexibility index (Phi) is 4.42. The smallest absolute Gasteiger partial charge is 0.185 e. The number of fused-ring (bicyclic) bond motifs is 1. The second kappa shape index (κ2) is 6.65. The van der Waals surface area contributed by atoms with Crippen LogP contribution in [0, 0.1) is 13.8 Å². The fourth-order valence-corrected chi connectivity index (χ4v) is 2.70. The third-order valence-corrected chi connectivity index (χ3v) is 4.13. The van der Waals surface area contributed by atoms with Crippen molar-refractivity contribution in [3.8, 4) is 5.75 Å². The first kappa shape index (κ1) is 15.3. The van der Waals surface area contributed by atoms with Crippen molar-refractivity contribution >= 4 is 17.3 Å². The lowest BCUT2D eigenvalue weighted by atomic mass is 10.1. The van der Waals surface area contributed by atoms with Crippen LogP contribution in [0.3, 0.4) is 0 Å². The molecule has 118 valence electrons. The van der Waals surface area contributed by atoms with Gasteiger partial charge in [-0.1, -0.05) is 24.3 Å². The zero-order chi connectivity index (χ0) is 16.2. The third kappa shape index (κ3) is 3.11. The van der Waals surface area contributed by atoms with E-state index in [0.717, 1.165) is 29.5 Å². The molecular formula is C19H20N2O2. The lowest BCUT2D eigenvalue weighted by Gasteiger charge is -2.11. The summed E-state index contributed by atoms with van der Waals surface area (Å²) in [6.45, 7) is 5.46. The van der Waals surface area contributed by atoms with Crippen LogP contribution in [0.5, 0.6) is 5.75 Å². The van der Waals surface area contributed by atoms with Crippen LogP contribution in [-0.2, 0) is 6.54 Å². The van der Waals surface area contributed by atoms with Crippen molar-refractivity contribution in [2.45, 2.75) is 26.8 Å². The number of imidazole rings is 1. The Bertz CT molecular complexity index is 837. The molecule has 0 unspecified atom stereocenters. The average molecular weight is 308 g/mol. The van der Waals surface area contributed by atoms with Gasteiger partial charge in [0.05, 0.1) is 17.6 Å². The summed E-state index contributed by atoms with van der Waals surface area (Å²) in [5.41, 5.74) is 4.24. The second-order valence-electron chi connectivity index (χ2n) is 5.63. The molecule has 0 saturated carbocycles. The molecule has 0 aliphatic heterocycles. The molecule has 4 heteroatoms. The van der Waals surface area contributed by atoms with Crippen molar-refractivity contribution in [1.82, 2.24) is 9.55 Å². The van der Waals surface area contributed by atoms with Gasteiger partial charge in [-0.15, -0.1) is 0 Å². The number of aryl methyl sites for hydroxylation is 2. The van der Waals surface area contributed by atoms with Gasteiger partial charge in [-0.05, 0) is 49.6 Å². The molecule has 0 bridgehead atoms. The number of hydrogen-bond donors (Lipinski definition) is 0. The van der Waals surface area contributed by atoms with Gasteiger partial charge in [0, 0.05) is 6.54 Å². The molecule has 0 saturated heterocycles. The van der Waals surface area contributed by atoms with E-state index in [-0.39, 0.29) is 0 Å². The fraction of sp³-hybridized carbons (Fsp3) is 0.263. The molecular weight excluding hydrogens is 288 g/mol. The molecule has 23 heavy (non-hydrogen) atoms. The van der Waals surface area contributed by atoms with Crippen molar-refractivity contribution in [3.05, 3.63) is 59.4 Å². The number of aldehydes is 1. The third-order valence-electron chi connectivity index (χ3n) is 4.13. The van der Waals surface area contributed by atoms with Crippen molar-refractivity contribution in [1.29, 1.82) is 0 Å². The second-order valence-corrected chi connectivity index (χ2v) is 5.63. The Morgan fingerprint density at radius 2 is 1.96 bits per heavy atom. The number of nitrogens with zero attached hydrogens (tertiary/aromatic N) is 2. The highest BCUT2D eigenvalue weighted by Crippen LogP contribution is 2.21. The predicted molar refractivity (Wildman–Crippen MR) is 91.1 cm³/mol. The molecule has 2 aromatic carbocycles. The van der Waals surface area contributed by atoms with Crippen LogP contribution in [0.2, 0.25) is 0 Å². The Hall–Kier alpha value is -2.62. The minimum absolute atomic E-state index is 0.470. The Balaban J connectivity index is 1.67. The summed E-state index contributed by atoms with van der Waals surface area (Å²) in [4.78, 5) is 15.6. The molecule has 0 fully saturated rings. The molecule has 0 atom stereocenters. The van der Waals surface area contributed by atoms with E-state index in [4.69, 9.17) is 4.74 Å². The number of para-hydroxylation sites is 2. The zero-order valence-electron chi connectivity index (χ0n) is 13.5. The normalized spacial score (nSPS) is 10.9. The fourth-order valence-electron chi connectivity index (χ4n) is 2.70. The van der Waals surface area contributed by atoms with Crippen molar-refractivity contribution in [2.75, 3.05) is 6.61 Å². The van der Waals surface area contributed by atoms with Crippen molar-refractivity contribution in [2.24, 2.45) is 0 Å². The molecule has 0 radical (unpaired) electrons. The van der Waals surface area contributed by atoms with Gasteiger partial charge in [0.1, 0.15) is 5.75 Å². The van der Waals surface area contributed by atoms with E-state index >= 15 is 0 Å². The molecule has 0 spiro atoms. The molecule has 0 aliphatic rings. The maximum Gasteiger partial charge on any atom is 0.185 e. The molecule has 1 heterocycles. The van der Waals surface area contributed by atoms with Crippen LogP contribution >= 0.6 is 0 Å². The van der Waals surface area contributed by atoms with E-state index in [2.05, 4.69) is 24.9 Å². The minimum atomic E-state index is 0.470. The number of rotatable bonds is 6. The summed E-state index contributed by atoms with van der Waals surface area (Å²) in [5, 5.41) is 0. The summed E-state index contributed by atoms with van der Waals surface area (Å²) in [6, 6.07) is 13.9. The van der Waals surface area contributed by atoms with E-state index in [0.29, 0.717) is 19.0 Å². The van der Waals surface area contributed by atoms with E-state index < -0.39 is 0 Å². The number of benzene rings is 2. The lowest BCUT2D eigenvalue weighted by Crippen LogP contribution is -2.08. The summed E-state index contributed by atoms with van der Waals surface area (Å²) in [7, 11) is 0. The summed E-state index contributed by atoms with van der Waals surface area (Å²) >= 11 is 0. The highest BCUT2D eigenvalue weighted by atomic mass is 16.5. The molecule has 4 nitrogen and oxygen atoms in total. The van der Waals surface area contributed by atoms with Crippen LogP contribution in [-0.4, -0.2) is 22.4 Å². The van der Waals surface area contributed by atoms with Crippen LogP contribution in [0.1, 0.15) is 28.2 Å². The summed E-state index contributed by atoms with van der Waals surface area (Å²) in [6.07, 6.45) is 1.63. The first-order chi connectivity index (χ1) is 11.2. The quantitative estimate of drug-likeness (QED) is 0.512. The number of carbonyl (C=O) groups excluding carboxylic acids is 1. The maximum atomic E-state index is 11.2. The number of hydrogen-bond acceptors (Lipinski definition) is 3. The monoisotopic (exact) mass is 308 g/mol. The standard InChI is InChI=1S/C19H20N2O2/c1-14-7-5-10-18(15(14)2)23-12-6-11-21-17-9-4-3-8-16(17)20-19(21)13-22/h3-5,7-10,13H,6,11-12H2,1-2H3. The van der Waals surface area contributed by atoms with Gasteiger partial charge in [-0.3, -0.25) is 4.79 Å². The van der Waals surface area contributed by atoms with E-state index in [1.54, 1.807) is 0 Å². The zero-order valence-corrected chi connectivity index (χ0v) is 13.5. The van der Waals surface area contributed by atoms with Gasteiger partial charge in [-0.2, -0.15) is 0 Å². The van der Waals surface area contributed by atoms with Crippen LogP contribution in [0.25, 0.3) is 11.0 Å². The van der Waals surface area contributed by atoms with Crippen LogP contribution in [0.15, 0.2) is 42.5 Å². The first-order valence-corrected chi connectivity index (χ1v) is 7.80. The Labute approximate surface area is 135 Å².